The second-order valence-corrected chi connectivity index (χ2v) is 8.89. The zero-order chi connectivity index (χ0) is 20.2. The largest absolute Gasteiger partial charge is 0.462 e. The van der Waals surface area contributed by atoms with Gasteiger partial charge in [0.15, 0.2) is 5.83 Å². The van der Waals surface area contributed by atoms with E-state index in [1.54, 1.807) is 0 Å². The van der Waals surface area contributed by atoms with E-state index in [-0.39, 0.29) is 18.0 Å². The minimum absolute atomic E-state index is 0.0141. The second-order valence-electron chi connectivity index (χ2n) is 8.89. The van der Waals surface area contributed by atoms with E-state index in [2.05, 4.69) is 6.92 Å². The summed E-state index contributed by atoms with van der Waals surface area (Å²) in [4.78, 5) is 12.5. The van der Waals surface area contributed by atoms with Crippen LogP contribution in [-0.4, -0.2) is 12.1 Å². The molecular weight excluding hydrogens is 353 g/mol. The van der Waals surface area contributed by atoms with Gasteiger partial charge in [0, 0.05) is 0 Å². The van der Waals surface area contributed by atoms with Crippen molar-refractivity contribution in [3.8, 4) is 6.07 Å². The summed E-state index contributed by atoms with van der Waals surface area (Å²) in [6.45, 7) is 2.25. The summed E-state index contributed by atoms with van der Waals surface area (Å²) >= 11 is 0. The van der Waals surface area contributed by atoms with Crippen molar-refractivity contribution in [2.75, 3.05) is 0 Å². The first-order valence-corrected chi connectivity index (χ1v) is 11.6. The molecule has 4 heteroatoms. The first kappa shape index (κ1) is 22.9. The van der Waals surface area contributed by atoms with E-state index in [1.807, 2.05) is 0 Å². The van der Waals surface area contributed by atoms with Crippen molar-refractivity contribution in [1.82, 2.24) is 0 Å². The Morgan fingerprint density at radius 1 is 1.00 bits per heavy atom. The second kappa shape index (κ2) is 13.0. The highest BCUT2D eigenvalue weighted by atomic mass is 19.1. The van der Waals surface area contributed by atoms with Gasteiger partial charge in [-0.15, -0.1) is 0 Å². The number of nitrogens with zero attached hydrogens (tertiary/aromatic N) is 1. The first-order chi connectivity index (χ1) is 13.6. The Morgan fingerprint density at radius 2 is 1.64 bits per heavy atom. The SMILES string of the molecule is CCCCCCC1CCC(OC(=O)C2CCC(CCC=C(F)C#N)CC2)CC1. The van der Waals surface area contributed by atoms with Crippen molar-refractivity contribution in [3.63, 3.8) is 0 Å². The van der Waals surface area contributed by atoms with Crippen LogP contribution in [0.2, 0.25) is 0 Å². The molecule has 0 spiro atoms. The van der Waals surface area contributed by atoms with Gasteiger partial charge in [-0.3, -0.25) is 4.79 Å². The van der Waals surface area contributed by atoms with E-state index in [0.717, 1.165) is 50.9 Å². The van der Waals surface area contributed by atoms with Crippen LogP contribution in [0.15, 0.2) is 11.9 Å². The molecule has 0 N–H and O–H groups in total. The van der Waals surface area contributed by atoms with Gasteiger partial charge < -0.3 is 4.74 Å². The molecule has 0 saturated heterocycles. The first-order valence-electron chi connectivity index (χ1n) is 11.6. The molecule has 0 bridgehead atoms. The Hall–Kier alpha value is -1.37. The van der Waals surface area contributed by atoms with E-state index in [1.165, 1.54) is 57.1 Å². The average molecular weight is 392 g/mol. The molecule has 2 rings (SSSR count). The Morgan fingerprint density at radius 3 is 2.29 bits per heavy atom. The number of allylic oxidation sites excluding steroid dienone is 2. The number of carbonyl (C=O) groups excluding carboxylic acids is 1. The van der Waals surface area contributed by atoms with Gasteiger partial charge in [0.1, 0.15) is 12.2 Å². The van der Waals surface area contributed by atoms with Gasteiger partial charge in [0.05, 0.1) is 5.92 Å². The molecule has 0 radical (unpaired) electrons. The Balaban J connectivity index is 1.58. The summed E-state index contributed by atoms with van der Waals surface area (Å²) in [7, 11) is 0. The lowest BCUT2D eigenvalue weighted by Gasteiger charge is -2.31. The zero-order valence-corrected chi connectivity index (χ0v) is 17.6. The Bertz CT molecular complexity index is 523. The van der Waals surface area contributed by atoms with Crippen molar-refractivity contribution < 1.29 is 13.9 Å². The molecule has 0 amide bonds. The van der Waals surface area contributed by atoms with Crippen LogP contribution in [0.5, 0.6) is 0 Å². The highest BCUT2D eigenvalue weighted by molar-refractivity contribution is 5.72. The third kappa shape index (κ3) is 8.33. The fourth-order valence-electron chi connectivity index (χ4n) is 4.84. The topological polar surface area (TPSA) is 50.1 Å². The van der Waals surface area contributed by atoms with E-state index < -0.39 is 5.83 Å². The lowest BCUT2D eigenvalue weighted by atomic mass is 9.80. The van der Waals surface area contributed by atoms with E-state index in [9.17, 15) is 9.18 Å². The minimum Gasteiger partial charge on any atom is -0.462 e. The fraction of sp³-hybridized carbons (Fsp3) is 0.833. The van der Waals surface area contributed by atoms with Crippen LogP contribution in [-0.2, 0) is 9.53 Å². The van der Waals surface area contributed by atoms with Crippen LogP contribution < -0.4 is 0 Å². The van der Waals surface area contributed by atoms with Crippen LogP contribution in [0.3, 0.4) is 0 Å². The van der Waals surface area contributed by atoms with Crippen LogP contribution in [0, 0.1) is 29.1 Å². The number of unbranched alkanes of at least 4 members (excludes halogenated alkanes) is 3. The number of esters is 1. The molecule has 2 fully saturated rings. The summed E-state index contributed by atoms with van der Waals surface area (Å²) < 4.78 is 18.7. The average Bonchev–Trinajstić information content (AvgIpc) is 2.72. The smallest absolute Gasteiger partial charge is 0.309 e. The number of nitriles is 1. The normalized spacial score (nSPS) is 28.5. The van der Waals surface area contributed by atoms with Crippen LogP contribution in [0.1, 0.15) is 103 Å². The maximum atomic E-state index is 12.8. The third-order valence-electron chi connectivity index (χ3n) is 6.73. The molecule has 2 saturated carbocycles. The molecule has 0 unspecified atom stereocenters. The summed E-state index contributed by atoms with van der Waals surface area (Å²) in [5.41, 5.74) is 0. The van der Waals surface area contributed by atoms with E-state index in [0.29, 0.717) is 12.3 Å². The molecule has 0 aliphatic heterocycles. The lowest BCUT2D eigenvalue weighted by Crippen LogP contribution is -2.30. The minimum atomic E-state index is -0.687. The fourth-order valence-corrected chi connectivity index (χ4v) is 4.84. The predicted molar refractivity (Wildman–Crippen MR) is 110 cm³/mol. The van der Waals surface area contributed by atoms with Crippen molar-refractivity contribution in [2.45, 2.75) is 109 Å². The van der Waals surface area contributed by atoms with Crippen LogP contribution in [0.4, 0.5) is 4.39 Å². The summed E-state index contributed by atoms with van der Waals surface area (Å²) in [5.74, 6) is 0.750. The van der Waals surface area contributed by atoms with Gasteiger partial charge >= 0.3 is 5.97 Å². The molecule has 0 aromatic rings. The zero-order valence-electron chi connectivity index (χ0n) is 17.6. The predicted octanol–water partition coefficient (Wildman–Crippen LogP) is 7.02. The number of carbonyl (C=O) groups is 1. The molecule has 3 nitrogen and oxygen atoms in total. The highest BCUT2D eigenvalue weighted by Gasteiger charge is 2.30. The molecule has 0 atom stereocenters. The van der Waals surface area contributed by atoms with E-state index in [4.69, 9.17) is 10.00 Å². The van der Waals surface area contributed by atoms with Gasteiger partial charge in [-0.1, -0.05) is 39.0 Å². The van der Waals surface area contributed by atoms with Crippen molar-refractivity contribution >= 4 is 5.97 Å². The molecule has 0 heterocycles. The quantitative estimate of drug-likeness (QED) is 0.228. The van der Waals surface area contributed by atoms with Crippen molar-refractivity contribution in [2.24, 2.45) is 17.8 Å². The highest BCUT2D eigenvalue weighted by Crippen LogP contribution is 2.34. The van der Waals surface area contributed by atoms with Crippen molar-refractivity contribution in [1.29, 1.82) is 5.26 Å². The van der Waals surface area contributed by atoms with Gasteiger partial charge in [0.25, 0.3) is 0 Å². The Kier molecular flexibility index (Phi) is 10.6. The molecule has 0 aromatic heterocycles. The molecule has 2 aliphatic rings. The number of hydrogen-bond acceptors (Lipinski definition) is 3. The van der Waals surface area contributed by atoms with E-state index >= 15 is 0 Å². The van der Waals surface area contributed by atoms with Gasteiger partial charge in [0.2, 0.25) is 0 Å². The molecule has 158 valence electrons. The maximum Gasteiger partial charge on any atom is 0.309 e. The van der Waals surface area contributed by atoms with Gasteiger partial charge in [-0.25, -0.2) is 0 Å². The molecular formula is C24H38FNO2. The third-order valence-corrected chi connectivity index (χ3v) is 6.73. The molecule has 2 aliphatic carbocycles. The maximum absolute atomic E-state index is 12.8. The van der Waals surface area contributed by atoms with Gasteiger partial charge in [-0.05, 0) is 82.1 Å². The Labute approximate surface area is 170 Å². The summed E-state index contributed by atoms with van der Waals surface area (Å²) in [6, 6.07) is 1.51. The number of halogens is 1. The van der Waals surface area contributed by atoms with Crippen molar-refractivity contribution in [3.05, 3.63) is 11.9 Å². The summed E-state index contributed by atoms with van der Waals surface area (Å²) in [6.07, 6.45) is 18.0. The summed E-state index contributed by atoms with van der Waals surface area (Å²) in [5, 5.41) is 8.43. The lowest BCUT2D eigenvalue weighted by molar-refractivity contribution is -0.157. The monoisotopic (exact) mass is 391 g/mol. The number of ether oxygens (including phenoxy) is 1. The number of rotatable bonds is 10. The standard InChI is InChI=1S/C24H38FNO2/c1-2-3-4-5-7-19-12-16-23(17-13-19)28-24(27)21-14-10-20(11-15-21)8-6-9-22(25)18-26/h9,19-21,23H,2-8,10-17H2,1H3. The van der Waals surface area contributed by atoms with Crippen LogP contribution >= 0.6 is 0 Å². The van der Waals surface area contributed by atoms with Crippen LogP contribution in [0.25, 0.3) is 0 Å². The molecule has 0 aromatic carbocycles. The van der Waals surface area contributed by atoms with Gasteiger partial charge in [-0.2, -0.15) is 9.65 Å². The molecule has 28 heavy (non-hydrogen) atoms. The number of hydrogen-bond donors (Lipinski definition) is 0.